The van der Waals surface area contributed by atoms with Crippen LogP contribution in [-0.2, 0) is 0 Å². The fourth-order valence-electron chi connectivity index (χ4n) is 1.43. The summed E-state index contributed by atoms with van der Waals surface area (Å²) in [6.45, 7) is 13.0. The zero-order chi connectivity index (χ0) is 11.9. The first-order chi connectivity index (χ1) is 7.00. The summed E-state index contributed by atoms with van der Waals surface area (Å²) in [4.78, 5) is 0. The minimum atomic E-state index is 0.0888. The van der Waals surface area contributed by atoms with Gasteiger partial charge < -0.3 is 5.73 Å². The van der Waals surface area contributed by atoms with Crippen LogP contribution in [0.25, 0.3) is 0 Å². The molecule has 0 rings (SSSR count). The van der Waals surface area contributed by atoms with Crippen molar-refractivity contribution < 1.29 is 0 Å². The summed E-state index contributed by atoms with van der Waals surface area (Å²) in [7, 11) is 0. The van der Waals surface area contributed by atoms with E-state index in [9.17, 15) is 0 Å². The first kappa shape index (κ1) is 14.0. The predicted molar refractivity (Wildman–Crippen MR) is 68.6 cm³/mol. The van der Waals surface area contributed by atoms with Gasteiger partial charge in [-0.1, -0.05) is 39.5 Å². The summed E-state index contributed by atoms with van der Waals surface area (Å²) in [6, 6.07) is 0. The lowest BCUT2D eigenvalue weighted by Crippen LogP contribution is -2.29. The van der Waals surface area contributed by atoms with Crippen molar-refractivity contribution >= 4 is 0 Å². The molecule has 0 aromatic rings. The van der Waals surface area contributed by atoms with E-state index in [1.807, 2.05) is 19.1 Å². The van der Waals surface area contributed by atoms with Crippen LogP contribution in [0.3, 0.4) is 0 Å². The van der Waals surface area contributed by atoms with E-state index >= 15 is 0 Å². The molecule has 0 saturated carbocycles. The van der Waals surface area contributed by atoms with E-state index in [1.54, 1.807) is 6.08 Å². The lowest BCUT2D eigenvalue weighted by atomic mass is 9.73. The van der Waals surface area contributed by atoms with E-state index in [0.717, 1.165) is 0 Å². The van der Waals surface area contributed by atoms with Crippen molar-refractivity contribution in [1.82, 2.24) is 0 Å². The van der Waals surface area contributed by atoms with E-state index in [4.69, 9.17) is 5.73 Å². The number of allylic oxidation sites excluding steroid dienone is 4. The molecule has 0 fully saturated rings. The predicted octanol–water partition coefficient (Wildman–Crippen LogP) is 3.45. The highest BCUT2D eigenvalue weighted by atomic mass is 14.6. The highest BCUT2D eigenvalue weighted by molar-refractivity contribution is 5.26. The summed E-state index contributed by atoms with van der Waals surface area (Å²) < 4.78 is 0. The Labute approximate surface area is 94.1 Å². The van der Waals surface area contributed by atoms with Crippen molar-refractivity contribution in [2.75, 3.05) is 6.54 Å². The zero-order valence-corrected chi connectivity index (χ0v) is 10.4. The molecule has 0 aromatic carbocycles. The van der Waals surface area contributed by atoms with E-state index in [0.29, 0.717) is 12.5 Å². The van der Waals surface area contributed by atoms with Crippen LogP contribution in [0, 0.1) is 11.3 Å². The molecule has 0 aromatic heterocycles. The summed E-state index contributed by atoms with van der Waals surface area (Å²) in [5.74, 6) is 0.450. The molecule has 0 saturated heterocycles. The Balaban J connectivity index is 4.98. The Morgan fingerprint density at radius 3 is 2.53 bits per heavy atom. The van der Waals surface area contributed by atoms with Gasteiger partial charge in [0.25, 0.3) is 0 Å². The molecule has 1 heteroatoms. The third-order valence-corrected chi connectivity index (χ3v) is 3.09. The standard InChI is InChI=1S/C14H23N/c1-6-8-9-10-13(7-2)14(4,5)12(3)11-15/h6-8,10,12H,1,11,15H2,2-5H3/b13-7+. The molecule has 2 N–H and O–H groups in total. The minimum Gasteiger partial charge on any atom is -0.330 e. The lowest BCUT2D eigenvalue weighted by Gasteiger charge is -2.32. The SMILES string of the molecule is C=CC=C=C/C(=C\C)C(C)(C)C(C)CN. The van der Waals surface area contributed by atoms with E-state index in [1.165, 1.54) is 5.57 Å². The molecule has 1 nitrogen and oxygen atoms in total. The van der Waals surface area contributed by atoms with Crippen molar-refractivity contribution in [3.63, 3.8) is 0 Å². The highest BCUT2D eigenvalue weighted by Crippen LogP contribution is 2.34. The van der Waals surface area contributed by atoms with Gasteiger partial charge in [0.1, 0.15) is 0 Å². The molecule has 1 unspecified atom stereocenters. The van der Waals surface area contributed by atoms with Crippen LogP contribution in [0.4, 0.5) is 0 Å². The van der Waals surface area contributed by atoms with E-state index < -0.39 is 0 Å². The number of rotatable bonds is 5. The lowest BCUT2D eigenvalue weighted by molar-refractivity contribution is 0.300. The van der Waals surface area contributed by atoms with Gasteiger partial charge in [0, 0.05) is 0 Å². The van der Waals surface area contributed by atoms with Gasteiger partial charge in [-0.15, -0.1) is 5.73 Å². The molecule has 1 atom stereocenters. The average molecular weight is 205 g/mol. The molecule has 84 valence electrons. The fourth-order valence-corrected chi connectivity index (χ4v) is 1.43. The summed E-state index contributed by atoms with van der Waals surface area (Å²) in [5.41, 5.74) is 10.2. The van der Waals surface area contributed by atoms with Crippen molar-refractivity contribution in [3.05, 3.63) is 42.2 Å². The molecule has 0 aliphatic carbocycles. The van der Waals surface area contributed by atoms with Gasteiger partial charge in [-0.3, -0.25) is 0 Å². The van der Waals surface area contributed by atoms with Crippen LogP contribution in [0.15, 0.2) is 42.2 Å². The van der Waals surface area contributed by atoms with Crippen molar-refractivity contribution in [1.29, 1.82) is 0 Å². The highest BCUT2D eigenvalue weighted by Gasteiger charge is 2.27. The average Bonchev–Trinajstić information content (AvgIpc) is 2.22. The maximum Gasteiger partial charge on any atom is -0.00432 e. The van der Waals surface area contributed by atoms with E-state index in [-0.39, 0.29) is 5.41 Å². The third-order valence-electron chi connectivity index (χ3n) is 3.09. The van der Waals surface area contributed by atoms with Crippen molar-refractivity contribution in [2.24, 2.45) is 17.1 Å². The van der Waals surface area contributed by atoms with E-state index in [2.05, 4.69) is 39.2 Å². The van der Waals surface area contributed by atoms with Gasteiger partial charge in [-0.05, 0) is 42.5 Å². The van der Waals surface area contributed by atoms with Crippen molar-refractivity contribution in [3.8, 4) is 0 Å². The third kappa shape index (κ3) is 3.91. The molecular weight excluding hydrogens is 182 g/mol. The van der Waals surface area contributed by atoms with Crippen LogP contribution in [0.1, 0.15) is 27.7 Å². The number of nitrogens with two attached hydrogens (primary N) is 1. The Morgan fingerprint density at radius 1 is 1.53 bits per heavy atom. The van der Waals surface area contributed by atoms with Crippen LogP contribution < -0.4 is 5.73 Å². The maximum atomic E-state index is 5.72. The molecule has 15 heavy (non-hydrogen) atoms. The first-order valence-electron chi connectivity index (χ1n) is 5.41. The summed E-state index contributed by atoms with van der Waals surface area (Å²) in [6.07, 6.45) is 7.67. The van der Waals surface area contributed by atoms with Gasteiger partial charge in [-0.25, -0.2) is 0 Å². The zero-order valence-electron chi connectivity index (χ0n) is 10.4. The molecule has 0 aliphatic heterocycles. The second-order valence-electron chi connectivity index (χ2n) is 4.32. The van der Waals surface area contributed by atoms with Crippen LogP contribution in [-0.4, -0.2) is 6.54 Å². The van der Waals surface area contributed by atoms with Gasteiger partial charge in [-0.2, -0.15) is 0 Å². The number of hydrogen-bond acceptors (Lipinski definition) is 1. The first-order valence-corrected chi connectivity index (χ1v) is 5.41. The molecule has 0 bridgehead atoms. The minimum absolute atomic E-state index is 0.0888. The molecular formula is C14H23N. The maximum absolute atomic E-state index is 5.72. The Bertz CT molecular complexity index is 288. The monoisotopic (exact) mass is 205 g/mol. The van der Waals surface area contributed by atoms with Gasteiger partial charge in [0.15, 0.2) is 0 Å². The van der Waals surface area contributed by atoms with Crippen LogP contribution >= 0.6 is 0 Å². The van der Waals surface area contributed by atoms with Gasteiger partial charge in [0.05, 0.1) is 0 Å². The van der Waals surface area contributed by atoms with Gasteiger partial charge >= 0.3 is 0 Å². The largest absolute Gasteiger partial charge is 0.330 e. The molecule has 0 amide bonds. The Morgan fingerprint density at radius 2 is 2.13 bits per heavy atom. The molecule has 0 radical (unpaired) electrons. The second-order valence-corrected chi connectivity index (χ2v) is 4.32. The van der Waals surface area contributed by atoms with Gasteiger partial charge in [0.2, 0.25) is 0 Å². The smallest absolute Gasteiger partial charge is 0.00432 e. The summed E-state index contributed by atoms with van der Waals surface area (Å²) in [5, 5.41) is 0. The Kier molecular flexibility index (Phi) is 6.00. The fraction of sp³-hybridized carbons (Fsp3) is 0.500. The van der Waals surface area contributed by atoms with Crippen LogP contribution in [0.2, 0.25) is 0 Å². The quantitative estimate of drug-likeness (QED) is 0.540. The second kappa shape index (κ2) is 6.44. The molecule has 0 spiro atoms. The topological polar surface area (TPSA) is 26.0 Å². The number of hydrogen-bond donors (Lipinski definition) is 1. The Hall–Kier alpha value is -1.04. The summed E-state index contributed by atoms with van der Waals surface area (Å²) >= 11 is 0. The normalized spacial score (nSPS) is 14.1. The van der Waals surface area contributed by atoms with Crippen molar-refractivity contribution in [2.45, 2.75) is 27.7 Å². The van der Waals surface area contributed by atoms with Crippen LogP contribution in [0.5, 0.6) is 0 Å². The molecule has 0 heterocycles. The molecule has 0 aliphatic rings.